The van der Waals surface area contributed by atoms with Gasteiger partial charge in [0.1, 0.15) is 5.15 Å². The van der Waals surface area contributed by atoms with E-state index in [9.17, 15) is 22.8 Å². The molecule has 0 aliphatic heterocycles. The van der Waals surface area contributed by atoms with Crippen LogP contribution in [0.1, 0.15) is 34.1 Å². The van der Waals surface area contributed by atoms with Crippen LogP contribution in [0.4, 0.5) is 18.9 Å². The number of carbonyl (C=O) groups is 2. The summed E-state index contributed by atoms with van der Waals surface area (Å²) in [6.45, 7) is 4.57. The summed E-state index contributed by atoms with van der Waals surface area (Å²) in [6.07, 6.45) is -5.99. The SMILES string of the molecule is Cc1cc(C)c(C(=O)O[C@@H](C)C(=O)Nc2ccccc2C(F)(F)F)c(Cl)n1. The fourth-order valence-electron chi connectivity index (χ4n) is 2.38. The summed E-state index contributed by atoms with van der Waals surface area (Å²) in [5.41, 5.74) is -0.323. The summed E-state index contributed by atoms with van der Waals surface area (Å²) in [5, 5.41) is 2.05. The number of alkyl halides is 3. The van der Waals surface area contributed by atoms with E-state index in [0.717, 1.165) is 12.1 Å². The van der Waals surface area contributed by atoms with Gasteiger partial charge in [0, 0.05) is 5.69 Å². The zero-order chi connectivity index (χ0) is 20.4. The Balaban J connectivity index is 2.15. The molecular weight excluding hydrogens is 385 g/mol. The van der Waals surface area contributed by atoms with E-state index in [1.165, 1.54) is 19.1 Å². The predicted octanol–water partition coefficient (Wildman–Crippen LogP) is 4.55. The smallest absolute Gasteiger partial charge is 0.418 e. The maximum atomic E-state index is 13.0. The van der Waals surface area contributed by atoms with Crippen LogP contribution < -0.4 is 5.32 Å². The van der Waals surface area contributed by atoms with E-state index in [4.69, 9.17) is 16.3 Å². The molecule has 27 heavy (non-hydrogen) atoms. The molecule has 9 heteroatoms. The molecule has 0 unspecified atom stereocenters. The molecule has 0 fully saturated rings. The summed E-state index contributed by atoms with van der Waals surface area (Å²) in [5.74, 6) is -1.80. The number of nitrogens with zero attached hydrogens (tertiary/aromatic N) is 1. The van der Waals surface area contributed by atoms with Crippen LogP contribution in [0.25, 0.3) is 0 Å². The number of amides is 1. The van der Waals surface area contributed by atoms with Crippen molar-refractivity contribution in [3.63, 3.8) is 0 Å². The number of carbonyl (C=O) groups excluding carboxylic acids is 2. The molecule has 144 valence electrons. The van der Waals surface area contributed by atoms with Crippen LogP contribution in [0.5, 0.6) is 0 Å². The summed E-state index contributed by atoms with van der Waals surface area (Å²) in [6, 6.07) is 6.13. The number of hydrogen-bond donors (Lipinski definition) is 1. The van der Waals surface area contributed by atoms with Gasteiger partial charge in [-0.2, -0.15) is 13.2 Å². The van der Waals surface area contributed by atoms with Crippen molar-refractivity contribution in [1.29, 1.82) is 0 Å². The van der Waals surface area contributed by atoms with Crippen LogP contribution >= 0.6 is 11.6 Å². The molecule has 5 nitrogen and oxygen atoms in total. The fraction of sp³-hybridized carbons (Fsp3) is 0.278. The van der Waals surface area contributed by atoms with Gasteiger partial charge in [0.2, 0.25) is 0 Å². The first-order valence-electron chi connectivity index (χ1n) is 7.82. The number of rotatable bonds is 4. The third-order valence-electron chi connectivity index (χ3n) is 3.65. The highest BCUT2D eigenvalue weighted by molar-refractivity contribution is 6.32. The number of halogens is 4. The van der Waals surface area contributed by atoms with Gasteiger partial charge in [-0.3, -0.25) is 4.79 Å². The first-order chi connectivity index (χ1) is 12.5. The van der Waals surface area contributed by atoms with Crippen molar-refractivity contribution >= 4 is 29.2 Å². The van der Waals surface area contributed by atoms with Gasteiger partial charge in [-0.25, -0.2) is 9.78 Å². The van der Waals surface area contributed by atoms with E-state index in [2.05, 4.69) is 10.3 Å². The normalized spacial score (nSPS) is 12.4. The lowest BCUT2D eigenvalue weighted by Crippen LogP contribution is -2.31. The first-order valence-corrected chi connectivity index (χ1v) is 8.20. The molecule has 1 N–H and O–H groups in total. The number of benzene rings is 1. The standard InChI is InChI=1S/C18H16ClF3N2O3/c1-9-8-10(2)23-15(19)14(9)17(26)27-11(3)16(25)24-13-7-5-4-6-12(13)18(20,21)22/h4-8,11H,1-3H3,(H,24,25)/t11-/m0/s1. The second-order valence-electron chi connectivity index (χ2n) is 5.83. The van der Waals surface area contributed by atoms with E-state index in [1.54, 1.807) is 19.9 Å². The van der Waals surface area contributed by atoms with Gasteiger partial charge < -0.3 is 10.1 Å². The lowest BCUT2D eigenvalue weighted by Gasteiger charge is -2.17. The number of anilines is 1. The van der Waals surface area contributed by atoms with Gasteiger partial charge >= 0.3 is 12.1 Å². The molecular formula is C18H16ClF3N2O3. The van der Waals surface area contributed by atoms with Crippen molar-refractivity contribution in [1.82, 2.24) is 4.98 Å². The fourth-order valence-corrected chi connectivity index (χ4v) is 2.74. The van der Waals surface area contributed by atoms with Gasteiger partial charge in [-0.1, -0.05) is 23.7 Å². The minimum absolute atomic E-state index is 0.00221. The molecule has 0 aliphatic carbocycles. The van der Waals surface area contributed by atoms with Gasteiger partial charge in [-0.05, 0) is 44.5 Å². The monoisotopic (exact) mass is 400 g/mol. The minimum Gasteiger partial charge on any atom is -0.449 e. The quantitative estimate of drug-likeness (QED) is 0.603. The van der Waals surface area contributed by atoms with Crippen molar-refractivity contribution in [3.05, 3.63) is 57.9 Å². The summed E-state index contributed by atoms with van der Waals surface area (Å²) < 4.78 is 44.0. The molecule has 2 aromatic rings. The van der Waals surface area contributed by atoms with Crippen molar-refractivity contribution in [2.24, 2.45) is 0 Å². The molecule has 0 radical (unpaired) electrons. The minimum atomic E-state index is -4.64. The number of nitrogens with one attached hydrogen (secondary N) is 1. The van der Waals surface area contributed by atoms with Crippen LogP contribution in [0, 0.1) is 13.8 Å². The number of hydrogen-bond acceptors (Lipinski definition) is 4. The second kappa shape index (κ2) is 7.96. The zero-order valence-electron chi connectivity index (χ0n) is 14.6. The van der Waals surface area contributed by atoms with Crippen LogP contribution in [-0.2, 0) is 15.7 Å². The van der Waals surface area contributed by atoms with Gasteiger partial charge in [0.05, 0.1) is 16.8 Å². The maximum absolute atomic E-state index is 13.0. The average Bonchev–Trinajstić information content (AvgIpc) is 2.53. The zero-order valence-corrected chi connectivity index (χ0v) is 15.4. The molecule has 2 rings (SSSR count). The van der Waals surface area contributed by atoms with Crippen molar-refractivity contribution < 1.29 is 27.5 Å². The summed E-state index contributed by atoms with van der Waals surface area (Å²) >= 11 is 5.96. The van der Waals surface area contributed by atoms with Crippen LogP contribution in [-0.4, -0.2) is 23.0 Å². The lowest BCUT2D eigenvalue weighted by atomic mass is 10.1. The van der Waals surface area contributed by atoms with Crippen LogP contribution in [0.2, 0.25) is 5.15 Å². The van der Waals surface area contributed by atoms with E-state index >= 15 is 0 Å². The number of aromatic nitrogens is 1. The van der Waals surface area contributed by atoms with E-state index < -0.39 is 35.4 Å². The summed E-state index contributed by atoms with van der Waals surface area (Å²) in [4.78, 5) is 28.4. The number of esters is 1. The Morgan fingerprint density at radius 2 is 1.85 bits per heavy atom. The number of ether oxygens (including phenoxy) is 1. The Kier molecular flexibility index (Phi) is 6.10. The molecule has 0 bridgehead atoms. The predicted molar refractivity (Wildman–Crippen MR) is 93.7 cm³/mol. The lowest BCUT2D eigenvalue weighted by molar-refractivity contribution is -0.137. The maximum Gasteiger partial charge on any atom is 0.418 e. The molecule has 1 aromatic heterocycles. The Morgan fingerprint density at radius 3 is 2.44 bits per heavy atom. The second-order valence-corrected chi connectivity index (χ2v) is 6.18. The van der Waals surface area contributed by atoms with Gasteiger partial charge in [0.15, 0.2) is 6.10 Å². The van der Waals surface area contributed by atoms with Crippen LogP contribution in [0.3, 0.4) is 0 Å². The highest BCUT2D eigenvalue weighted by Crippen LogP contribution is 2.34. The first kappa shape index (κ1) is 20.7. The highest BCUT2D eigenvalue weighted by atomic mass is 35.5. The molecule has 0 saturated carbocycles. The Hall–Kier alpha value is -2.61. The van der Waals surface area contributed by atoms with E-state index in [0.29, 0.717) is 11.3 Å². The number of para-hydroxylation sites is 1. The molecule has 1 atom stereocenters. The molecule has 1 amide bonds. The Labute approximate surface area is 158 Å². The summed E-state index contributed by atoms with van der Waals surface area (Å²) in [7, 11) is 0. The van der Waals surface area contributed by atoms with Crippen molar-refractivity contribution in [2.45, 2.75) is 33.1 Å². The van der Waals surface area contributed by atoms with Gasteiger partial charge in [0.25, 0.3) is 5.91 Å². The third-order valence-corrected chi connectivity index (χ3v) is 3.92. The van der Waals surface area contributed by atoms with Crippen LogP contribution in [0.15, 0.2) is 30.3 Å². The largest absolute Gasteiger partial charge is 0.449 e. The topological polar surface area (TPSA) is 68.3 Å². The highest BCUT2D eigenvalue weighted by Gasteiger charge is 2.34. The van der Waals surface area contributed by atoms with Gasteiger partial charge in [-0.15, -0.1) is 0 Å². The number of pyridine rings is 1. The van der Waals surface area contributed by atoms with Crippen molar-refractivity contribution in [3.8, 4) is 0 Å². The molecule has 1 aromatic carbocycles. The molecule has 1 heterocycles. The molecule has 0 aliphatic rings. The van der Waals surface area contributed by atoms with E-state index in [1.807, 2.05) is 0 Å². The average molecular weight is 401 g/mol. The molecule has 0 saturated heterocycles. The third kappa shape index (κ3) is 4.97. The Morgan fingerprint density at radius 1 is 1.22 bits per heavy atom. The number of aryl methyl sites for hydroxylation is 2. The Bertz CT molecular complexity index is 861. The molecule has 0 spiro atoms. The van der Waals surface area contributed by atoms with E-state index in [-0.39, 0.29) is 10.7 Å². The van der Waals surface area contributed by atoms with Crippen molar-refractivity contribution in [2.75, 3.05) is 5.32 Å².